The van der Waals surface area contributed by atoms with Crippen LogP contribution in [0.5, 0.6) is 23.0 Å². The van der Waals surface area contributed by atoms with E-state index >= 15 is 0 Å². The molecular weight excluding hydrogens is 432 g/mol. The van der Waals surface area contributed by atoms with Gasteiger partial charge < -0.3 is 20.9 Å². The average Bonchev–Trinajstić information content (AvgIpc) is 3.50. The van der Waals surface area contributed by atoms with E-state index < -0.39 is 0 Å². The molecule has 35 heavy (non-hydrogen) atoms. The summed E-state index contributed by atoms with van der Waals surface area (Å²) in [5.74, 6) is 4.72. The Labute approximate surface area is 206 Å². The molecule has 2 bridgehead atoms. The first-order chi connectivity index (χ1) is 17.1. The SMILES string of the molecule is Nc1ccc(Oc2ccc(C3(c4ccc(Oc5ccc(N)cc5)cc4)CC4CCC3C4)cc2)cc1. The summed E-state index contributed by atoms with van der Waals surface area (Å²) in [7, 11) is 0. The summed E-state index contributed by atoms with van der Waals surface area (Å²) in [6, 6.07) is 32.4. The van der Waals surface area contributed by atoms with Gasteiger partial charge in [0, 0.05) is 16.8 Å². The van der Waals surface area contributed by atoms with Crippen LogP contribution in [0.4, 0.5) is 11.4 Å². The highest BCUT2D eigenvalue weighted by Crippen LogP contribution is 2.60. The molecule has 0 heterocycles. The number of anilines is 2. The number of benzene rings is 4. The van der Waals surface area contributed by atoms with Crippen molar-refractivity contribution in [1.82, 2.24) is 0 Å². The summed E-state index contributed by atoms with van der Waals surface area (Å²) in [6.07, 6.45) is 5.16. The molecule has 2 atom stereocenters. The topological polar surface area (TPSA) is 70.5 Å². The van der Waals surface area contributed by atoms with Crippen LogP contribution < -0.4 is 20.9 Å². The van der Waals surface area contributed by atoms with Crippen molar-refractivity contribution in [2.24, 2.45) is 11.8 Å². The maximum Gasteiger partial charge on any atom is 0.127 e. The molecule has 0 saturated heterocycles. The molecule has 4 N–H and O–H groups in total. The number of hydrogen-bond acceptors (Lipinski definition) is 4. The van der Waals surface area contributed by atoms with Crippen LogP contribution in [0.15, 0.2) is 97.1 Å². The van der Waals surface area contributed by atoms with Crippen molar-refractivity contribution in [2.45, 2.75) is 31.1 Å². The predicted octanol–water partition coefficient (Wildman–Crippen LogP) is 7.54. The normalized spacial score (nSPS) is 20.0. The first-order valence-corrected chi connectivity index (χ1v) is 12.4. The van der Waals surface area contributed by atoms with E-state index in [1.54, 1.807) is 0 Å². The van der Waals surface area contributed by atoms with Gasteiger partial charge in [0.05, 0.1) is 0 Å². The molecule has 4 aromatic carbocycles. The third kappa shape index (κ3) is 4.10. The lowest BCUT2D eigenvalue weighted by molar-refractivity contribution is 0.319. The zero-order valence-corrected chi connectivity index (χ0v) is 19.7. The lowest BCUT2D eigenvalue weighted by Gasteiger charge is -2.39. The maximum absolute atomic E-state index is 6.05. The van der Waals surface area contributed by atoms with Gasteiger partial charge in [-0.3, -0.25) is 0 Å². The molecule has 2 fully saturated rings. The van der Waals surface area contributed by atoms with Gasteiger partial charge in [0.15, 0.2) is 0 Å². The lowest BCUT2D eigenvalue weighted by Crippen LogP contribution is -2.33. The molecule has 2 unspecified atom stereocenters. The zero-order valence-electron chi connectivity index (χ0n) is 19.7. The summed E-state index contributed by atoms with van der Waals surface area (Å²) in [5.41, 5.74) is 15.9. The average molecular weight is 463 g/mol. The molecule has 0 spiro atoms. The fourth-order valence-corrected chi connectivity index (χ4v) is 6.19. The fourth-order valence-electron chi connectivity index (χ4n) is 6.19. The second-order valence-electron chi connectivity index (χ2n) is 9.94. The molecule has 0 aromatic heterocycles. The minimum Gasteiger partial charge on any atom is -0.457 e. The van der Waals surface area contributed by atoms with Crippen molar-refractivity contribution in [3.05, 3.63) is 108 Å². The Morgan fingerprint density at radius 1 is 0.543 bits per heavy atom. The smallest absolute Gasteiger partial charge is 0.127 e. The third-order valence-corrected chi connectivity index (χ3v) is 7.82. The second-order valence-corrected chi connectivity index (χ2v) is 9.94. The molecule has 2 aliphatic carbocycles. The highest BCUT2D eigenvalue weighted by Gasteiger charge is 2.52. The summed E-state index contributed by atoms with van der Waals surface area (Å²) < 4.78 is 12.1. The minimum atomic E-state index is 0.0440. The molecule has 2 aliphatic rings. The summed E-state index contributed by atoms with van der Waals surface area (Å²) in [4.78, 5) is 0. The number of rotatable bonds is 6. The summed E-state index contributed by atoms with van der Waals surface area (Å²) in [5, 5.41) is 0. The Kier molecular flexibility index (Phi) is 5.37. The van der Waals surface area contributed by atoms with Gasteiger partial charge in [-0.05, 0) is 115 Å². The van der Waals surface area contributed by atoms with Crippen molar-refractivity contribution >= 4 is 11.4 Å². The quantitative estimate of drug-likeness (QED) is 0.290. The van der Waals surface area contributed by atoms with E-state index in [1.165, 1.54) is 36.8 Å². The molecule has 0 aliphatic heterocycles. The van der Waals surface area contributed by atoms with Crippen molar-refractivity contribution in [2.75, 3.05) is 11.5 Å². The van der Waals surface area contributed by atoms with Crippen molar-refractivity contribution in [1.29, 1.82) is 0 Å². The van der Waals surface area contributed by atoms with Gasteiger partial charge in [0.25, 0.3) is 0 Å². The Morgan fingerprint density at radius 2 is 0.943 bits per heavy atom. The van der Waals surface area contributed by atoms with Gasteiger partial charge in [-0.15, -0.1) is 0 Å². The molecular formula is C31H30N2O2. The number of hydrogen-bond donors (Lipinski definition) is 2. The van der Waals surface area contributed by atoms with Gasteiger partial charge in [-0.2, -0.15) is 0 Å². The summed E-state index contributed by atoms with van der Waals surface area (Å²) >= 11 is 0. The molecule has 0 radical (unpaired) electrons. The van der Waals surface area contributed by atoms with Crippen molar-refractivity contribution in [3.63, 3.8) is 0 Å². The highest BCUT2D eigenvalue weighted by molar-refractivity contribution is 5.48. The Balaban J connectivity index is 1.27. The number of fused-ring (bicyclic) bond motifs is 2. The second kappa shape index (κ2) is 8.70. The minimum absolute atomic E-state index is 0.0440. The van der Waals surface area contributed by atoms with Crippen LogP contribution in [0.1, 0.15) is 36.8 Å². The largest absolute Gasteiger partial charge is 0.457 e. The van der Waals surface area contributed by atoms with Crippen LogP contribution in [0.25, 0.3) is 0 Å². The van der Waals surface area contributed by atoms with E-state index in [0.29, 0.717) is 5.92 Å². The monoisotopic (exact) mass is 462 g/mol. The van der Waals surface area contributed by atoms with E-state index in [-0.39, 0.29) is 5.41 Å². The van der Waals surface area contributed by atoms with Crippen LogP contribution >= 0.6 is 0 Å². The van der Waals surface area contributed by atoms with Gasteiger partial charge in [-0.25, -0.2) is 0 Å². The molecule has 176 valence electrons. The molecule has 0 amide bonds. The number of ether oxygens (including phenoxy) is 2. The van der Waals surface area contributed by atoms with Gasteiger partial charge in [-0.1, -0.05) is 30.7 Å². The van der Waals surface area contributed by atoms with Crippen LogP contribution in [0.3, 0.4) is 0 Å². The Morgan fingerprint density at radius 3 is 1.29 bits per heavy atom. The Bertz CT molecular complexity index is 1210. The van der Waals surface area contributed by atoms with E-state index in [2.05, 4.69) is 48.5 Å². The summed E-state index contributed by atoms with van der Waals surface area (Å²) in [6.45, 7) is 0. The number of nitrogen functional groups attached to an aromatic ring is 2. The van der Waals surface area contributed by atoms with Gasteiger partial charge in [0.1, 0.15) is 23.0 Å². The third-order valence-electron chi connectivity index (χ3n) is 7.82. The van der Waals surface area contributed by atoms with Crippen LogP contribution in [-0.2, 0) is 5.41 Å². The number of nitrogens with two attached hydrogens (primary N) is 2. The molecule has 4 aromatic rings. The van der Waals surface area contributed by atoms with E-state index in [0.717, 1.165) is 40.3 Å². The predicted molar refractivity (Wildman–Crippen MR) is 141 cm³/mol. The first kappa shape index (κ1) is 21.6. The molecule has 2 saturated carbocycles. The highest BCUT2D eigenvalue weighted by atomic mass is 16.5. The zero-order chi connectivity index (χ0) is 23.8. The fraction of sp³-hybridized carbons (Fsp3) is 0.226. The standard InChI is InChI=1S/C31H30N2O2/c32-25-7-15-29(16-8-25)34-27-11-3-22(4-12-27)31(20-21-1-2-24(31)19-21)23-5-13-28(14-6-23)35-30-17-9-26(33)10-18-30/h3-18,21,24H,1-2,19-20,32-33H2. The van der Waals surface area contributed by atoms with Gasteiger partial charge >= 0.3 is 0 Å². The Hall–Kier alpha value is -3.92. The van der Waals surface area contributed by atoms with Crippen LogP contribution in [0.2, 0.25) is 0 Å². The molecule has 4 nitrogen and oxygen atoms in total. The maximum atomic E-state index is 6.05. The van der Waals surface area contributed by atoms with Crippen molar-refractivity contribution < 1.29 is 9.47 Å². The lowest BCUT2D eigenvalue weighted by atomic mass is 9.64. The van der Waals surface area contributed by atoms with E-state index in [1.807, 2.05) is 48.5 Å². The molecule has 4 heteroatoms. The van der Waals surface area contributed by atoms with E-state index in [9.17, 15) is 0 Å². The van der Waals surface area contributed by atoms with E-state index in [4.69, 9.17) is 20.9 Å². The molecule has 6 rings (SSSR count). The first-order valence-electron chi connectivity index (χ1n) is 12.4. The van der Waals surface area contributed by atoms with Gasteiger partial charge in [0.2, 0.25) is 0 Å². The van der Waals surface area contributed by atoms with Crippen LogP contribution in [0, 0.1) is 11.8 Å². The van der Waals surface area contributed by atoms with Crippen LogP contribution in [-0.4, -0.2) is 0 Å². The van der Waals surface area contributed by atoms with Crippen molar-refractivity contribution in [3.8, 4) is 23.0 Å².